The molecule has 2 aromatic carbocycles. The third-order valence-corrected chi connectivity index (χ3v) is 13.4. The SMILES string of the molecule is CCCCCCCCCCCCCCCCCCc1ccc([I+]c2ccc(CCCCCCCCCCCCCCCCCC)cc2)cc1.F[P-](F)(F)(F)(F)F. The van der Waals surface area contributed by atoms with Gasteiger partial charge in [-0.1, -0.05) is 231 Å². The Balaban J connectivity index is 0.00000203. The zero-order valence-corrected chi connectivity index (χ0v) is 38.8. The molecule has 2 aromatic rings. The molecule has 0 nitrogen and oxygen atoms in total. The molecule has 0 spiro atoms. The first-order valence-corrected chi connectivity index (χ1v) is 27.3. The molecule has 328 valence electrons. The van der Waals surface area contributed by atoms with E-state index in [1.165, 1.54) is 229 Å². The summed E-state index contributed by atoms with van der Waals surface area (Å²) >= 11 is -0.0687. The molecule has 0 bridgehead atoms. The second kappa shape index (κ2) is 32.0. The molecule has 2 rings (SSSR count). The van der Waals surface area contributed by atoms with Gasteiger partial charge in [0.05, 0.1) is 0 Å². The van der Waals surface area contributed by atoms with Crippen LogP contribution in [0.4, 0.5) is 25.2 Å². The van der Waals surface area contributed by atoms with Gasteiger partial charge in [0.25, 0.3) is 0 Å². The minimum atomic E-state index is -10.7. The van der Waals surface area contributed by atoms with Crippen molar-refractivity contribution in [2.45, 2.75) is 232 Å². The van der Waals surface area contributed by atoms with Gasteiger partial charge in [-0.2, -0.15) is 0 Å². The van der Waals surface area contributed by atoms with Crippen LogP contribution in [0.2, 0.25) is 0 Å². The Morgan fingerprint density at radius 2 is 0.482 bits per heavy atom. The summed E-state index contributed by atoms with van der Waals surface area (Å²) in [6.07, 6.45) is 48.7. The summed E-state index contributed by atoms with van der Waals surface area (Å²) in [6.45, 7) is 4.61. The Hall–Kier alpha value is -0.820. The van der Waals surface area contributed by atoms with Gasteiger partial charge in [-0.3, -0.25) is 0 Å². The van der Waals surface area contributed by atoms with Gasteiger partial charge in [-0.05, 0) is 61.1 Å². The molecule has 0 aliphatic carbocycles. The van der Waals surface area contributed by atoms with E-state index in [4.69, 9.17) is 0 Å². The van der Waals surface area contributed by atoms with Crippen molar-refractivity contribution in [2.75, 3.05) is 0 Å². The van der Waals surface area contributed by atoms with Crippen molar-refractivity contribution >= 4 is 7.81 Å². The molecule has 0 aromatic heterocycles. The monoisotopic (exact) mass is 931 g/mol. The first kappa shape index (κ1) is 53.2. The van der Waals surface area contributed by atoms with Crippen molar-refractivity contribution in [1.82, 2.24) is 0 Å². The summed E-state index contributed by atoms with van der Waals surface area (Å²) in [5, 5.41) is 0. The number of hydrogen-bond donors (Lipinski definition) is 0. The zero-order valence-electron chi connectivity index (χ0n) is 35.8. The Morgan fingerprint density at radius 3 is 0.679 bits per heavy atom. The van der Waals surface area contributed by atoms with E-state index >= 15 is 0 Å². The summed E-state index contributed by atoms with van der Waals surface area (Å²) in [4.78, 5) is 0. The Bertz CT molecular complexity index is 1060. The molecule has 0 amide bonds. The molecule has 0 N–H and O–H groups in total. The molecule has 0 aliphatic heterocycles. The molecular weight excluding hydrogens is 848 g/mol. The predicted molar refractivity (Wildman–Crippen MR) is 230 cm³/mol. The van der Waals surface area contributed by atoms with Crippen LogP contribution in [0.1, 0.15) is 230 Å². The van der Waals surface area contributed by atoms with E-state index in [0.29, 0.717) is 0 Å². The van der Waals surface area contributed by atoms with E-state index in [9.17, 15) is 25.2 Å². The van der Waals surface area contributed by atoms with Gasteiger partial charge < -0.3 is 0 Å². The second-order valence-corrected chi connectivity index (χ2v) is 21.4. The van der Waals surface area contributed by atoms with Gasteiger partial charge >= 0.3 is 54.2 Å². The first-order valence-electron chi connectivity index (χ1n) is 23.2. The summed E-state index contributed by atoms with van der Waals surface area (Å²) < 4.78 is 62.3. The van der Waals surface area contributed by atoms with Crippen LogP contribution in [0.15, 0.2) is 48.5 Å². The molecule has 0 aliphatic rings. The molecule has 0 radical (unpaired) electrons. The molecule has 0 atom stereocenters. The van der Waals surface area contributed by atoms with Gasteiger partial charge in [0, 0.05) is 0 Å². The third-order valence-electron chi connectivity index (χ3n) is 10.7. The van der Waals surface area contributed by atoms with Crippen molar-refractivity contribution in [1.29, 1.82) is 0 Å². The number of hydrogen-bond acceptors (Lipinski definition) is 0. The van der Waals surface area contributed by atoms with Crippen LogP contribution in [0, 0.1) is 7.14 Å². The van der Waals surface area contributed by atoms with Crippen LogP contribution in [-0.4, -0.2) is 0 Å². The number of benzene rings is 2. The van der Waals surface area contributed by atoms with Gasteiger partial charge in [0.2, 0.25) is 0 Å². The number of aryl methyl sites for hydroxylation is 2. The normalized spacial score (nSPS) is 12.9. The van der Waals surface area contributed by atoms with Crippen molar-refractivity contribution < 1.29 is 46.4 Å². The van der Waals surface area contributed by atoms with Crippen molar-refractivity contribution in [2.24, 2.45) is 0 Å². The summed E-state index contributed by atoms with van der Waals surface area (Å²) in [6, 6.07) is 19.3. The predicted octanol–water partition coefficient (Wildman–Crippen LogP) is 16.8. The average Bonchev–Trinajstić information content (AvgIpc) is 3.14. The average molecular weight is 931 g/mol. The standard InChI is InChI=1S/C48H82I.F6P/c1-3-5-7-9-11-13-15-17-19-21-23-25-27-29-31-33-35-45-37-41-47(42-38-45)49-48-43-39-46(40-44-48)36-34-32-30-28-26-24-22-20-18-16-14-12-10-8-6-4-2;1-7(2,3,4,5)6/h37-44H,3-36H2,1-2H3;/q+1;-1. The number of rotatable bonds is 36. The quantitative estimate of drug-likeness (QED) is 0.0276. The van der Waals surface area contributed by atoms with Crippen LogP contribution in [0.3, 0.4) is 0 Å². The molecule has 0 saturated heterocycles. The minimum absolute atomic E-state index is 0.0687. The molecule has 0 heterocycles. The maximum absolute atomic E-state index is 10.7. The van der Waals surface area contributed by atoms with Crippen molar-refractivity contribution in [3.63, 3.8) is 0 Å². The zero-order chi connectivity index (χ0) is 41.1. The third kappa shape index (κ3) is 41.3. The van der Waals surface area contributed by atoms with Crippen LogP contribution in [0.5, 0.6) is 0 Å². The van der Waals surface area contributed by atoms with Gasteiger partial charge in [-0.15, -0.1) is 0 Å². The van der Waals surface area contributed by atoms with E-state index in [1.807, 2.05) is 0 Å². The summed E-state index contributed by atoms with van der Waals surface area (Å²) in [5.41, 5.74) is 3.07. The topological polar surface area (TPSA) is 0 Å². The second-order valence-electron chi connectivity index (χ2n) is 16.4. The van der Waals surface area contributed by atoms with Crippen molar-refractivity contribution in [3.8, 4) is 0 Å². The number of unbranched alkanes of at least 4 members (excludes halogenated alkanes) is 30. The van der Waals surface area contributed by atoms with Gasteiger partial charge in [0.15, 0.2) is 7.14 Å². The van der Waals surface area contributed by atoms with Gasteiger partial charge in [0.1, 0.15) is 0 Å². The molecule has 0 saturated carbocycles. The van der Waals surface area contributed by atoms with Crippen LogP contribution in [-0.2, 0) is 12.8 Å². The van der Waals surface area contributed by atoms with E-state index < -0.39 is 7.81 Å². The maximum atomic E-state index is 9.87. The van der Waals surface area contributed by atoms with E-state index in [1.54, 1.807) is 7.14 Å². The van der Waals surface area contributed by atoms with Gasteiger partial charge in [-0.25, -0.2) is 0 Å². The molecule has 0 unspecified atom stereocenters. The van der Waals surface area contributed by atoms with E-state index in [2.05, 4.69) is 62.4 Å². The van der Waals surface area contributed by atoms with Crippen molar-refractivity contribution in [3.05, 3.63) is 66.8 Å². The molecule has 0 fully saturated rings. The molecule has 56 heavy (non-hydrogen) atoms. The van der Waals surface area contributed by atoms with Crippen LogP contribution < -0.4 is 21.2 Å². The van der Waals surface area contributed by atoms with Crippen LogP contribution in [0.25, 0.3) is 0 Å². The van der Waals surface area contributed by atoms with E-state index in [-0.39, 0.29) is 21.2 Å². The Labute approximate surface area is 351 Å². The molecular formula is C48H82F6IP. The molecule has 8 heteroatoms. The Kier molecular flexibility index (Phi) is 30.4. The fourth-order valence-corrected chi connectivity index (χ4v) is 9.47. The van der Waals surface area contributed by atoms with Crippen LogP contribution >= 0.6 is 7.81 Å². The first-order chi connectivity index (χ1) is 26.8. The summed E-state index contributed by atoms with van der Waals surface area (Å²) in [5.74, 6) is 0. The summed E-state index contributed by atoms with van der Waals surface area (Å²) in [7, 11) is -10.7. The number of halogens is 7. The Morgan fingerprint density at radius 1 is 0.304 bits per heavy atom. The fraction of sp³-hybridized carbons (Fsp3) is 0.750. The fourth-order valence-electron chi connectivity index (χ4n) is 7.31. The van der Waals surface area contributed by atoms with E-state index in [0.717, 1.165) is 0 Å².